The molecule has 0 bridgehead atoms. The fraction of sp³-hybridized carbons (Fsp3) is 0.692. The van der Waals surface area contributed by atoms with E-state index in [1.54, 1.807) is 0 Å². The van der Waals surface area contributed by atoms with Crippen LogP contribution in [0.2, 0.25) is 0 Å². The van der Waals surface area contributed by atoms with Crippen molar-refractivity contribution in [3.8, 4) is 0 Å². The van der Waals surface area contributed by atoms with Gasteiger partial charge in [-0.15, -0.1) is 6.58 Å². The van der Waals surface area contributed by atoms with Gasteiger partial charge in [0.25, 0.3) is 0 Å². The number of hydrogen-bond acceptors (Lipinski definition) is 2. The molecule has 17 heavy (non-hydrogen) atoms. The van der Waals surface area contributed by atoms with Gasteiger partial charge in [0, 0.05) is 5.41 Å². The molecule has 1 aliphatic rings. The molecule has 1 aliphatic carbocycles. The lowest BCUT2D eigenvalue weighted by Crippen LogP contribution is -2.45. The van der Waals surface area contributed by atoms with Gasteiger partial charge in [-0.2, -0.15) is 0 Å². The van der Waals surface area contributed by atoms with Gasteiger partial charge in [0.15, 0.2) is 5.78 Å². The summed E-state index contributed by atoms with van der Waals surface area (Å²) in [6.45, 7) is 5.59. The maximum absolute atomic E-state index is 12.4. The summed E-state index contributed by atoms with van der Waals surface area (Å²) < 4.78 is 0. The van der Waals surface area contributed by atoms with E-state index >= 15 is 0 Å². The number of rotatable bonds is 5. The van der Waals surface area contributed by atoms with Crippen LogP contribution < -0.4 is 0 Å². The van der Waals surface area contributed by atoms with Gasteiger partial charge >= 0.3 is 5.97 Å². The number of carboxylic acids is 1. The summed E-state index contributed by atoms with van der Waals surface area (Å²) in [5.41, 5.74) is -0.669. The molecule has 1 N–H and O–H groups in total. The van der Waals surface area contributed by atoms with Crippen LogP contribution in [0.25, 0.3) is 0 Å². The Morgan fingerprint density at radius 2 is 2.35 bits per heavy atom. The van der Waals surface area contributed by atoms with E-state index in [4.69, 9.17) is 5.11 Å². The van der Waals surface area contributed by atoms with Crippen molar-refractivity contribution in [3.63, 3.8) is 0 Å². The summed E-state index contributed by atoms with van der Waals surface area (Å²) in [7, 11) is 0. The van der Waals surface area contributed by atoms with Crippen molar-refractivity contribution in [3.05, 3.63) is 12.7 Å². The quantitative estimate of drug-likeness (QED) is 0.627. The van der Waals surface area contributed by atoms with Gasteiger partial charge in [-0.05, 0) is 31.6 Å². The molecule has 0 aliphatic heterocycles. The number of ketones is 1. The summed E-state index contributed by atoms with van der Waals surface area (Å²) in [4.78, 5) is 23.0. The van der Waals surface area contributed by atoms with E-state index in [0.29, 0.717) is 12.8 Å². The molecule has 1 rings (SSSR count). The summed E-state index contributed by atoms with van der Waals surface area (Å²) >= 11 is 3.44. The second-order valence-electron chi connectivity index (χ2n) is 4.79. The second kappa shape index (κ2) is 5.80. The van der Waals surface area contributed by atoms with Gasteiger partial charge in [0.2, 0.25) is 0 Å². The molecule has 96 valence electrons. The monoisotopic (exact) mass is 302 g/mol. The molecule has 0 radical (unpaired) electrons. The molecule has 3 nitrogen and oxygen atoms in total. The molecule has 0 aromatic rings. The Hall–Kier alpha value is -0.640. The number of allylic oxidation sites excluding steroid dienone is 1. The molecule has 0 aromatic carbocycles. The van der Waals surface area contributed by atoms with Crippen LogP contribution in [0.5, 0.6) is 0 Å². The SMILES string of the molecule is C=CCC1CCC(CC)(CC(=O)O)C(=O)C1Br. The van der Waals surface area contributed by atoms with Crippen LogP contribution in [0.15, 0.2) is 12.7 Å². The highest BCUT2D eigenvalue weighted by molar-refractivity contribution is 9.10. The van der Waals surface area contributed by atoms with Crippen LogP contribution in [0, 0.1) is 11.3 Å². The third-order valence-electron chi connectivity index (χ3n) is 3.82. The van der Waals surface area contributed by atoms with Gasteiger partial charge in [-0.1, -0.05) is 28.9 Å². The molecule has 0 spiro atoms. The second-order valence-corrected chi connectivity index (χ2v) is 5.78. The molecule has 0 amide bonds. The summed E-state index contributed by atoms with van der Waals surface area (Å²) in [5.74, 6) is -0.573. The Morgan fingerprint density at radius 3 is 2.82 bits per heavy atom. The number of carbonyl (C=O) groups is 2. The van der Waals surface area contributed by atoms with Crippen LogP contribution in [-0.4, -0.2) is 21.7 Å². The highest BCUT2D eigenvalue weighted by atomic mass is 79.9. The Kier molecular flexibility index (Phi) is 4.92. The highest BCUT2D eigenvalue weighted by Gasteiger charge is 2.47. The number of Topliss-reactive ketones (excluding diaryl/α,β-unsaturated/α-hetero) is 1. The van der Waals surface area contributed by atoms with Crippen LogP contribution in [0.1, 0.15) is 39.0 Å². The lowest BCUT2D eigenvalue weighted by molar-refractivity contribution is -0.146. The van der Waals surface area contributed by atoms with Crippen molar-refractivity contribution in [1.29, 1.82) is 0 Å². The van der Waals surface area contributed by atoms with E-state index in [-0.39, 0.29) is 22.9 Å². The number of carbonyl (C=O) groups excluding carboxylic acids is 1. The molecular weight excluding hydrogens is 284 g/mol. The lowest BCUT2D eigenvalue weighted by Gasteiger charge is -2.40. The van der Waals surface area contributed by atoms with Gasteiger partial charge in [-0.3, -0.25) is 9.59 Å². The van der Waals surface area contributed by atoms with Crippen molar-refractivity contribution in [2.24, 2.45) is 11.3 Å². The minimum absolute atomic E-state index is 0.0504. The molecule has 3 unspecified atom stereocenters. The smallest absolute Gasteiger partial charge is 0.304 e. The third kappa shape index (κ3) is 2.97. The van der Waals surface area contributed by atoms with E-state index in [1.807, 2.05) is 13.0 Å². The fourth-order valence-corrected chi connectivity index (χ4v) is 3.60. The average molecular weight is 303 g/mol. The number of hydrogen-bond donors (Lipinski definition) is 1. The predicted molar refractivity (Wildman–Crippen MR) is 70.2 cm³/mol. The van der Waals surface area contributed by atoms with E-state index in [1.165, 1.54) is 0 Å². The summed E-state index contributed by atoms with van der Waals surface area (Å²) in [6.07, 6.45) is 4.73. The summed E-state index contributed by atoms with van der Waals surface area (Å²) in [5, 5.41) is 8.95. The van der Waals surface area contributed by atoms with E-state index in [9.17, 15) is 9.59 Å². The number of alkyl halides is 1. The van der Waals surface area contributed by atoms with Crippen LogP contribution in [-0.2, 0) is 9.59 Å². The normalized spacial score (nSPS) is 33.4. The highest BCUT2D eigenvalue weighted by Crippen LogP contribution is 2.45. The van der Waals surface area contributed by atoms with Crippen molar-refractivity contribution in [2.75, 3.05) is 0 Å². The van der Waals surface area contributed by atoms with Crippen LogP contribution >= 0.6 is 15.9 Å². The Labute approximate surface area is 110 Å². The van der Waals surface area contributed by atoms with Crippen molar-refractivity contribution >= 4 is 27.7 Å². The first kappa shape index (κ1) is 14.4. The largest absolute Gasteiger partial charge is 0.481 e. The fourth-order valence-electron chi connectivity index (χ4n) is 2.63. The van der Waals surface area contributed by atoms with Gasteiger partial charge in [0.1, 0.15) is 0 Å². The van der Waals surface area contributed by atoms with Crippen molar-refractivity contribution in [2.45, 2.75) is 43.9 Å². The van der Waals surface area contributed by atoms with Crippen molar-refractivity contribution < 1.29 is 14.7 Å². The Morgan fingerprint density at radius 1 is 1.71 bits per heavy atom. The first-order valence-corrected chi connectivity index (χ1v) is 6.89. The molecule has 1 fully saturated rings. The minimum Gasteiger partial charge on any atom is -0.481 e. The van der Waals surface area contributed by atoms with E-state index < -0.39 is 11.4 Å². The standard InChI is InChI=1S/C13H19BrO3/c1-3-5-9-6-7-13(4-2,8-10(15)16)12(17)11(9)14/h3,9,11H,1,4-8H2,2H3,(H,15,16). The Bertz CT molecular complexity index is 327. The molecule has 3 atom stereocenters. The molecular formula is C13H19BrO3. The van der Waals surface area contributed by atoms with E-state index in [2.05, 4.69) is 22.5 Å². The zero-order chi connectivity index (χ0) is 13.1. The van der Waals surface area contributed by atoms with Gasteiger partial charge < -0.3 is 5.11 Å². The van der Waals surface area contributed by atoms with Gasteiger partial charge in [0.05, 0.1) is 11.2 Å². The maximum Gasteiger partial charge on any atom is 0.304 e. The van der Waals surface area contributed by atoms with Crippen LogP contribution in [0.3, 0.4) is 0 Å². The molecule has 0 heterocycles. The van der Waals surface area contributed by atoms with Crippen LogP contribution in [0.4, 0.5) is 0 Å². The molecule has 1 saturated carbocycles. The molecule has 4 heteroatoms. The Balaban J connectivity index is 2.87. The topological polar surface area (TPSA) is 54.4 Å². The predicted octanol–water partition coefficient (Wildman–Crippen LogP) is 3.18. The maximum atomic E-state index is 12.4. The number of aliphatic carboxylic acids is 1. The lowest BCUT2D eigenvalue weighted by atomic mass is 9.65. The number of carboxylic acid groups (broad SMARTS) is 1. The average Bonchev–Trinajstić information content (AvgIpc) is 2.29. The minimum atomic E-state index is -0.887. The zero-order valence-corrected chi connectivity index (χ0v) is 11.7. The number of halogens is 1. The van der Waals surface area contributed by atoms with E-state index in [0.717, 1.165) is 12.8 Å². The first-order valence-electron chi connectivity index (χ1n) is 5.98. The summed E-state index contributed by atoms with van der Waals surface area (Å²) in [6, 6.07) is 0. The van der Waals surface area contributed by atoms with Gasteiger partial charge in [-0.25, -0.2) is 0 Å². The zero-order valence-electron chi connectivity index (χ0n) is 10.1. The first-order chi connectivity index (χ1) is 7.96. The molecule has 0 aromatic heterocycles. The molecule has 0 saturated heterocycles. The third-order valence-corrected chi connectivity index (χ3v) is 4.98. The van der Waals surface area contributed by atoms with Crippen molar-refractivity contribution in [1.82, 2.24) is 0 Å².